The van der Waals surface area contributed by atoms with Gasteiger partial charge in [-0.05, 0) is 43.2 Å². The number of hydrogen-bond donors (Lipinski definition) is 0. The zero-order valence-electron chi connectivity index (χ0n) is 12.5. The minimum atomic E-state index is -0.380. The highest BCUT2D eigenvalue weighted by atomic mass is 19.1. The number of pyridine rings is 1. The molecule has 22 heavy (non-hydrogen) atoms. The van der Waals surface area contributed by atoms with Crippen molar-refractivity contribution >= 4 is 5.91 Å². The van der Waals surface area contributed by atoms with E-state index in [1.807, 2.05) is 19.1 Å². The predicted octanol–water partition coefficient (Wildman–Crippen LogP) is 2.69. The lowest BCUT2D eigenvalue weighted by Crippen LogP contribution is -2.36. The largest absolute Gasteiger partial charge is 0.484 e. The molecule has 0 aliphatic heterocycles. The highest BCUT2D eigenvalue weighted by Gasteiger charge is 2.12. The molecule has 0 aliphatic carbocycles. The molecular weight excluding hydrogens is 283 g/mol. The molecule has 116 valence electrons. The average molecular weight is 302 g/mol. The van der Waals surface area contributed by atoms with Gasteiger partial charge in [-0.15, -0.1) is 0 Å². The molecule has 0 fully saturated rings. The van der Waals surface area contributed by atoms with Gasteiger partial charge in [-0.2, -0.15) is 0 Å². The lowest BCUT2D eigenvalue weighted by atomic mass is 10.2. The summed E-state index contributed by atoms with van der Waals surface area (Å²) in [5, 5.41) is 0. The SMILES string of the molecule is CCN(CCc1ccncc1)C(=O)COc1cccc(F)c1. The Kier molecular flexibility index (Phi) is 5.89. The van der Waals surface area contributed by atoms with Crippen LogP contribution in [0.3, 0.4) is 0 Å². The predicted molar refractivity (Wildman–Crippen MR) is 82.1 cm³/mol. The van der Waals surface area contributed by atoms with Crippen molar-refractivity contribution in [2.45, 2.75) is 13.3 Å². The Labute approximate surface area is 129 Å². The van der Waals surface area contributed by atoms with Crippen LogP contribution in [-0.2, 0) is 11.2 Å². The van der Waals surface area contributed by atoms with E-state index in [0.29, 0.717) is 18.8 Å². The maximum atomic E-state index is 13.0. The van der Waals surface area contributed by atoms with Crippen molar-refractivity contribution < 1.29 is 13.9 Å². The molecular formula is C17H19FN2O2. The van der Waals surface area contributed by atoms with E-state index in [2.05, 4.69) is 4.98 Å². The summed E-state index contributed by atoms with van der Waals surface area (Å²) in [5.41, 5.74) is 1.13. The van der Waals surface area contributed by atoms with Crippen LogP contribution >= 0.6 is 0 Å². The van der Waals surface area contributed by atoms with Crippen LogP contribution < -0.4 is 4.74 Å². The van der Waals surface area contributed by atoms with Crippen molar-refractivity contribution in [1.29, 1.82) is 0 Å². The summed E-state index contributed by atoms with van der Waals surface area (Å²) in [6, 6.07) is 9.64. The molecule has 5 heteroatoms. The maximum absolute atomic E-state index is 13.0. The molecule has 1 heterocycles. The second kappa shape index (κ2) is 8.12. The van der Waals surface area contributed by atoms with Gasteiger partial charge < -0.3 is 9.64 Å². The zero-order chi connectivity index (χ0) is 15.8. The summed E-state index contributed by atoms with van der Waals surface area (Å²) < 4.78 is 18.4. The van der Waals surface area contributed by atoms with Gasteiger partial charge in [-0.3, -0.25) is 9.78 Å². The van der Waals surface area contributed by atoms with Gasteiger partial charge in [0.05, 0.1) is 0 Å². The van der Waals surface area contributed by atoms with E-state index in [1.54, 1.807) is 29.4 Å². The smallest absolute Gasteiger partial charge is 0.260 e. The number of hydrogen-bond acceptors (Lipinski definition) is 3. The summed E-state index contributed by atoms with van der Waals surface area (Å²) in [6.07, 6.45) is 4.24. The fraction of sp³-hybridized carbons (Fsp3) is 0.294. The van der Waals surface area contributed by atoms with Crippen LogP contribution in [0.15, 0.2) is 48.8 Å². The van der Waals surface area contributed by atoms with Crippen LogP contribution in [0.1, 0.15) is 12.5 Å². The van der Waals surface area contributed by atoms with Crippen LogP contribution in [0, 0.1) is 5.82 Å². The number of benzene rings is 1. The number of likely N-dealkylation sites (N-methyl/N-ethyl adjacent to an activating group) is 1. The van der Waals surface area contributed by atoms with E-state index in [9.17, 15) is 9.18 Å². The molecule has 1 aromatic heterocycles. The topological polar surface area (TPSA) is 42.4 Å². The highest BCUT2D eigenvalue weighted by Crippen LogP contribution is 2.12. The van der Waals surface area contributed by atoms with Crippen molar-refractivity contribution in [3.8, 4) is 5.75 Å². The number of halogens is 1. The molecule has 0 radical (unpaired) electrons. The number of rotatable bonds is 7. The molecule has 1 aromatic carbocycles. The molecule has 0 saturated heterocycles. The molecule has 2 aromatic rings. The van der Waals surface area contributed by atoms with Crippen LogP contribution in [-0.4, -0.2) is 35.5 Å². The summed E-state index contributed by atoms with van der Waals surface area (Å²) >= 11 is 0. The van der Waals surface area contributed by atoms with Crippen molar-refractivity contribution in [2.75, 3.05) is 19.7 Å². The first-order chi connectivity index (χ1) is 10.7. The molecule has 0 bridgehead atoms. The van der Waals surface area contributed by atoms with Gasteiger partial charge in [-0.1, -0.05) is 6.07 Å². The first-order valence-electron chi connectivity index (χ1n) is 7.24. The fourth-order valence-corrected chi connectivity index (χ4v) is 2.07. The van der Waals surface area contributed by atoms with E-state index >= 15 is 0 Å². The summed E-state index contributed by atoms with van der Waals surface area (Å²) in [7, 11) is 0. The second-order valence-corrected chi connectivity index (χ2v) is 4.82. The van der Waals surface area contributed by atoms with Crippen LogP contribution in [0.2, 0.25) is 0 Å². The fourth-order valence-electron chi connectivity index (χ4n) is 2.07. The summed E-state index contributed by atoms with van der Waals surface area (Å²) in [5.74, 6) is -0.130. The van der Waals surface area contributed by atoms with Crippen LogP contribution in [0.4, 0.5) is 4.39 Å². The van der Waals surface area contributed by atoms with Gasteiger partial charge >= 0.3 is 0 Å². The van der Waals surface area contributed by atoms with Gasteiger partial charge in [0, 0.05) is 31.5 Å². The molecule has 0 unspecified atom stereocenters. The second-order valence-electron chi connectivity index (χ2n) is 4.82. The molecule has 4 nitrogen and oxygen atoms in total. The molecule has 0 aliphatic rings. The van der Waals surface area contributed by atoms with E-state index in [4.69, 9.17) is 4.74 Å². The highest BCUT2D eigenvalue weighted by molar-refractivity contribution is 5.77. The molecule has 0 saturated carbocycles. The van der Waals surface area contributed by atoms with Crippen molar-refractivity contribution in [3.05, 3.63) is 60.2 Å². The number of amides is 1. The Morgan fingerprint density at radius 1 is 1.27 bits per heavy atom. The van der Waals surface area contributed by atoms with Gasteiger partial charge in [0.25, 0.3) is 5.91 Å². The van der Waals surface area contributed by atoms with Crippen molar-refractivity contribution in [1.82, 2.24) is 9.88 Å². The van der Waals surface area contributed by atoms with Gasteiger partial charge in [0.15, 0.2) is 6.61 Å². The first-order valence-corrected chi connectivity index (χ1v) is 7.24. The molecule has 2 rings (SSSR count). The monoisotopic (exact) mass is 302 g/mol. The number of ether oxygens (including phenoxy) is 1. The average Bonchev–Trinajstić information content (AvgIpc) is 2.54. The number of carbonyl (C=O) groups excluding carboxylic acids is 1. The summed E-state index contributed by atoms with van der Waals surface area (Å²) in [6.45, 7) is 3.06. The van der Waals surface area contributed by atoms with Crippen molar-refractivity contribution in [2.24, 2.45) is 0 Å². The third-order valence-electron chi connectivity index (χ3n) is 3.31. The van der Waals surface area contributed by atoms with E-state index in [0.717, 1.165) is 12.0 Å². The number of carbonyl (C=O) groups is 1. The Morgan fingerprint density at radius 2 is 2.05 bits per heavy atom. The minimum absolute atomic E-state index is 0.0896. The first kappa shape index (κ1) is 15.9. The van der Waals surface area contributed by atoms with E-state index < -0.39 is 0 Å². The van der Waals surface area contributed by atoms with E-state index in [1.165, 1.54) is 12.1 Å². The Hall–Kier alpha value is -2.43. The summed E-state index contributed by atoms with van der Waals surface area (Å²) in [4.78, 5) is 17.8. The van der Waals surface area contributed by atoms with Crippen molar-refractivity contribution in [3.63, 3.8) is 0 Å². The Bertz CT molecular complexity index is 605. The van der Waals surface area contributed by atoms with Gasteiger partial charge in [0.1, 0.15) is 11.6 Å². The quantitative estimate of drug-likeness (QED) is 0.790. The molecule has 1 amide bonds. The normalized spacial score (nSPS) is 10.3. The Morgan fingerprint density at radius 3 is 2.73 bits per heavy atom. The number of aromatic nitrogens is 1. The lowest BCUT2D eigenvalue weighted by Gasteiger charge is -2.21. The van der Waals surface area contributed by atoms with Gasteiger partial charge in [0.2, 0.25) is 0 Å². The third kappa shape index (κ3) is 4.84. The van der Waals surface area contributed by atoms with Crippen LogP contribution in [0.5, 0.6) is 5.75 Å². The van der Waals surface area contributed by atoms with Crippen LogP contribution in [0.25, 0.3) is 0 Å². The standard InChI is InChI=1S/C17H19FN2O2/c1-2-20(11-8-14-6-9-19-10-7-14)17(21)13-22-16-5-3-4-15(18)12-16/h3-7,9-10,12H,2,8,11,13H2,1H3. The van der Waals surface area contributed by atoms with E-state index in [-0.39, 0.29) is 18.3 Å². The molecule has 0 spiro atoms. The molecule has 0 atom stereocenters. The lowest BCUT2D eigenvalue weighted by molar-refractivity contribution is -0.133. The maximum Gasteiger partial charge on any atom is 0.260 e. The Balaban J connectivity index is 1.83. The number of nitrogens with zero attached hydrogens (tertiary/aromatic N) is 2. The minimum Gasteiger partial charge on any atom is -0.484 e. The molecule has 0 N–H and O–H groups in total. The zero-order valence-corrected chi connectivity index (χ0v) is 12.5. The van der Waals surface area contributed by atoms with Gasteiger partial charge in [-0.25, -0.2) is 4.39 Å². The third-order valence-corrected chi connectivity index (χ3v) is 3.31.